The predicted octanol–water partition coefficient (Wildman–Crippen LogP) is 2.46. The van der Waals surface area contributed by atoms with Crippen molar-refractivity contribution in [3.63, 3.8) is 0 Å². The number of nitrogens with zero attached hydrogens (tertiary/aromatic N) is 2. The van der Waals surface area contributed by atoms with Gasteiger partial charge in [0.15, 0.2) is 11.6 Å². The van der Waals surface area contributed by atoms with Gasteiger partial charge in [-0.05, 0) is 13.8 Å². The number of imidazole rings is 1. The highest BCUT2D eigenvalue weighted by atomic mass is 19.1. The Kier molecular flexibility index (Phi) is 1.91. The van der Waals surface area contributed by atoms with E-state index < -0.39 is 5.82 Å². The average molecular weight is 194 g/mol. The summed E-state index contributed by atoms with van der Waals surface area (Å²) in [5, 5.41) is 9.14. The normalized spacial score (nSPS) is 11.4. The summed E-state index contributed by atoms with van der Waals surface area (Å²) in [5.41, 5.74) is 1.31. The summed E-state index contributed by atoms with van der Waals surface area (Å²) in [7, 11) is 0. The number of phenols is 1. The number of hydrogen-bond acceptors (Lipinski definition) is 2. The smallest absolute Gasteiger partial charge is 0.167 e. The van der Waals surface area contributed by atoms with Crippen molar-refractivity contribution < 1.29 is 9.50 Å². The van der Waals surface area contributed by atoms with Gasteiger partial charge in [0.25, 0.3) is 0 Å². The maximum absolute atomic E-state index is 13.1. The van der Waals surface area contributed by atoms with Crippen LogP contribution in [0.15, 0.2) is 18.5 Å². The van der Waals surface area contributed by atoms with Crippen LogP contribution in [-0.4, -0.2) is 14.7 Å². The fourth-order valence-electron chi connectivity index (χ4n) is 1.45. The van der Waals surface area contributed by atoms with E-state index in [-0.39, 0.29) is 11.8 Å². The molecule has 4 heteroatoms. The standard InChI is InChI=1S/C10H11FN2O/c1-6(2)13-5-12-8-4-10(14)7(11)3-9(8)13/h3-6,14H,1-2H3. The maximum Gasteiger partial charge on any atom is 0.167 e. The van der Waals surface area contributed by atoms with E-state index in [1.54, 1.807) is 6.33 Å². The summed E-state index contributed by atoms with van der Waals surface area (Å²) in [6.07, 6.45) is 1.65. The van der Waals surface area contributed by atoms with Crippen molar-refractivity contribution >= 4 is 11.0 Å². The van der Waals surface area contributed by atoms with E-state index in [4.69, 9.17) is 5.11 Å². The third-order valence-electron chi connectivity index (χ3n) is 2.20. The molecule has 0 amide bonds. The first kappa shape index (κ1) is 8.99. The van der Waals surface area contributed by atoms with Crippen LogP contribution >= 0.6 is 0 Å². The van der Waals surface area contributed by atoms with Gasteiger partial charge in [-0.15, -0.1) is 0 Å². The number of phenolic OH excluding ortho intramolecular Hbond substituents is 1. The molecule has 0 radical (unpaired) electrons. The Hall–Kier alpha value is -1.58. The fraction of sp³-hybridized carbons (Fsp3) is 0.300. The Bertz CT molecular complexity index is 476. The SMILES string of the molecule is CC(C)n1cnc2cc(O)c(F)cc21. The molecule has 74 valence electrons. The van der Waals surface area contributed by atoms with Gasteiger partial charge in [-0.25, -0.2) is 9.37 Å². The van der Waals surface area contributed by atoms with Gasteiger partial charge < -0.3 is 9.67 Å². The van der Waals surface area contributed by atoms with Gasteiger partial charge in [-0.3, -0.25) is 0 Å². The zero-order chi connectivity index (χ0) is 10.3. The highest BCUT2D eigenvalue weighted by molar-refractivity contribution is 5.77. The summed E-state index contributed by atoms with van der Waals surface area (Å²) >= 11 is 0. The second-order valence-corrected chi connectivity index (χ2v) is 3.54. The van der Waals surface area contributed by atoms with E-state index in [2.05, 4.69) is 4.98 Å². The average Bonchev–Trinajstić information content (AvgIpc) is 2.48. The molecule has 0 fully saturated rings. The van der Waals surface area contributed by atoms with E-state index in [0.29, 0.717) is 11.0 Å². The van der Waals surface area contributed by atoms with Crippen LogP contribution in [0.3, 0.4) is 0 Å². The largest absolute Gasteiger partial charge is 0.505 e. The molecule has 14 heavy (non-hydrogen) atoms. The molecule has 1 aromatic heterocycles. The van der Waals surface area contributed by atoms with Gasteiger partial charge in [-0.2, -0.15) is 0 Å². The van der Waals surface area contributed by atoms with Gasteiger partial charge in [-0.1, -0.05) is 0 Å². The molecule has 1 heterocycles. The van der Waals surface area contributed by atoms with Crippen molar-refractivity contribution in [1.82, 2.24) is 9.55 Å². The van der Waals surface area contributed by atoms with Crippen molar-refractivity contribution in [2.45, 2.75) is 19.9 Å². The molecule has 0 atom stereocenters. The molecule has 0 spiro atoms. The lowest BCUT2D eigenvalue weighted by molar-refractivity contribution is 0.433. The number of aromatic nitrogens is 2. The topological polar surface area (TPSA) is 38.0 Å². The number of halogens is 1. The molecule has 0 bridgehead atoms. The Labute approximate surface area is 80.8 Å². The molecule has 0 saturated heterocycles. The predicted molar refractivity (Wildman–Crippen MR) is 51.7 cm³/mol. The Balaban J connectivity index is 2.74. The monoisotopic (exact) mass is 194 g/mol. The molecule has 0 aliphatic carbocycles. The van der Waals surface area contributed by atoms with E-state index in [1.807, 2.05) is 18.4 Å². The molecule has 0 aliphatic heterocycles. The van der Waals surface area contributed by atoms with Gasteiger partial charge in [0, 0.05) is 18.2 Å². The molecule has 2 rings (SSSR count). The second-order valence-electron chi connectivity index (χ2n) is 3.54. The van der Waals surface area contributed by atoms with Crippen LogP contribution in [0.2, 0.25) is 0 Å². The number of aromatic hydroxyl groups is 1. The van der Waals surface area contributed by atoms with Crippen LogP contribution in [0.5, 0.6) is 5.75 Å². The quantitative estimate of drug-likeness (QED) is 0.757. The van der Waals surface area contributed by atoms with Crippen LogP contribution in [0, 0.1) is 5.82 Å². The van der Waals surface area contributed by atoms with Crippen LogP contribution < -0.4 is 0 Å². The van der Waals surface area contributed by atoms with Crippen LogP contribution in [0.4, 0.5) is 4.39 Å². The number of benzene rings is 1. The maximum atomic E-state index is 13.1. The lowest BCUT2D eigenvalue weighted by atomic mass is 10.2. The Morgan fingerprint density at radius 3 is 2.79 bits per heavy atom. The van der Waals surface area contributed by atoms with E-state index in [1.165, 1.54) is 12.1 Å². The molecular formula is C10H11FN2O. The summed E-state index contributed by atoms with van der Waals surface area (Å²) in [4.78, 5) is 4.08. The zero-order valence-corrected chi connectivity index (χ0v) is 8.03. The van der Waals surface area contributed by atoms with Crippen molar-refractivity contribution in [3.8, 4) is 5.75 Å². The number of hydrogen-bond donors (Lipinski definition) is 1. The van der Waals surface area contributed by atoms with Crippen LogP contribution in [0.25, 0.3) is 11.0 Å². The molecule has 1 aromatic carbocycles. The minimum atomic E-state index is -0.611. The third kappa shape index (κ3) is 1.23. The number of rotatable bonds is 1. The molecular weight excluding hydrogens is 183 g/mol. The fourth-order valence-corrected chi connectivity index (χ4v) is 1.45. The molecule has 0 saturated carbocycles. The van der Waals surface area contributed by atoms with E-state index >= 15 is 0 Å². The van der Waals surface area contributed by atoms with Crippen molar-refractivity contribution in [2.75, 3.05) is 0 Å². The first-order chi connectivity index (χ1) is 6.59. The summed E-state index contributed by atoms with van der Waals surface area (Å²) < 4.78 is 14.9. The molecule has 0 unspecified atom stereocenters. The minimum absolute atomic E-state index is 0.226. The summed E-state index contributed by atoms with van der Waals surface area (Å²) in [5.74, 6) is -0.966. The summed E-state index contributed by atoms with van der Waals surface area (Å²) in [6.45, 7) is 3.98. The van der Waals surface area contributed by atoms with Gasteiger partial charge in [0.1, 0.15) is 0 Å². The second kappa shape index (κ2) is 2.97. The first-order valence-corrected chi connectivity index (χ1v) is 4.44. The summed E-state index contributed by atoms with van der Waals surface area (Å²) in [6, 6.07) is 2.87. The van der Waals surface area contributed by atoms with Gasteiger partial charge in [0.2, 0.25) is 0 Å². The molecule has 3 nitrogen and oxygen atoms in total. The first-order valence-electron chi connectivity index (χ1n) is 4.44. The van der Waals surface area contributed by atoms with Gasteiger partial charge in [0.05, 0.1) is 17.4 Å². The van der Waals surface area contributed by atoms with E-state index in [0.717, 1.165) is 0 Å². The van der Waals surface area contributed by atoms with Crippen LogP contribution in [0.1, 0.15) is 19.9 Å². The van der Waals surface area contributed by atoms with Crippen molar-refractivity contribution in [3.05, 3.63) is 24.3 Å². The third-order valence-corrected chi connectivity index (χ3v) is 2.20. The van der Waals surface area contributed by atoms with Crippen LogP contribution in [-0.2, 0) is 0 Å². The Morgan fingerprint density at radius 2 is 2.14 bits per heavy atom. The van der Waals surface area contributed by atoms with Gasteiger partial charge >= 0.3 is 0 Å². The highest BCUT2D eigenvalue weighted by Gasteiger charge is 2.09. The molecule has 0 aliphatic rings. The lowest BCUT2D eigenvalue weighted by Gasteiger charge is -2.07. The molecule has 1 N–H and O–H groups in total. The highest BCUT2D eigenvalue weighted by Crippen LogP contribution is 2.24. The number of fused-ring (bicyclic) bond motifs is 1. The Morgan fingerprint density at radius 1 is 1.43 bits per heavy atom. The van der Waals surface area contributed by atoms with Crippen molar-refractivity contribution in [1.29, 1.82) is 0 Å². The molecule has 2 aromatic rings. The lowest BCUT2D eigenvalue weighted by Crippen LogP contribution is -1.98. The van der Waals surface area contributed by atoms with E-state index in [9.17, 15) is 4.39 Å². The minimum Gasteiger partial charge on any atom is -0.505 e. The van der Waals surface area contributed by atoms with Crippen molar-refractivity contribution in [2.24, 2.45) is 0 Å². The zero-order valence-electron chi connectivity index (χ0n) is 8.03.